The highest BCUT2D eigenvalue weighted by Gasteiger charge is 1.91. The molecule has 60 valence electrons. The molecule has 2 heteroatoms. The van der Waals surface area contributed by atoms with Gasteiger partial charge in [0.05, 0.1) is 5.69 Å². The standard InChI is InChI=1S/C9H14N2/c1-2-3-8-4-5-9(6-10)11-7-8/h4-5,7H,2-3,6,10H2,1H3. The Hall–Kier alpha value is -0.890. The molecule has 1 heterocycles. The van der Waals surface area contributed by atoms with Gasteiger partial charge in [-0.25, -0.2) is 0 Å². The van der Waals surface area contributed by atoms with Gasteiger partial charge in [0.1, 0.15) is 0 Å². The maximum atomic E-state index is 5.41. The van der Waals surface area contributed by atoms with Crippen LogP contribution in [0, 0.1) is 0 Å². The Labute approximate surface area is 67.5 Å². The van der Waals surface area contributed by atoms with Crippen LogP contribution < -0.4 is 5.73 Å². The van der Waals surface area contributed by atoms with Crippen LogP contribution in [0.1, 0.15) is 24.6 Å². The van der Waals surface area contributed by atoms with E-state index in [1.807, 2.05) is 12.3 Å². The first-order chi connectivity index (χ1) is 5.36. The van der Waals surface area contributed by atoms with E-state index in [9.17, 15) is 0 Å². The predicted octanol–water partition coefficient (Wildman–Crippen LogP) is 1.49. The first-order valence-corrected chi connectivity index (χ1v) is 4.00. The van der Waals surface area contributed by atoms with Gasteiger partial charge in [0.25, 0.3) is 0 Å². The van der Waals surface area contributed by atoms with Crippen LogP contribution in [0.2, 0.25) is 0 Å². The van der Waals surface area contributed by atoms with E-state index in [1.54, 1.807) is 0 Å². The fraction of sp³-hybridized carbons (Fsp3) is 0.444. The summed E-state index contributed by atoms with van der Waals surface area (Å²) >= 11 is 0. The van der Waals surface area contributed by atoms with E-state index in [1.165, 1.54) is 12.0 Å². The Balaban J connectivity index is 2.66. The molecule has 0 atom stereocenters. The number of rotatable bonds is 3. The maximum Gasteiger partial charge on any atom is 0.0539 e. The summed E-state index contributed by atoms with van der Waals surface area (Å²) in [6, 6.07) is 4.09. The van der Waals surface area contributed by atoms with Crippen molar-refractivity contribution in [3.8, 4) is 0 Å². The molecular weight excluding hydrogens is 136 g/mol. The smallest absolute Gasteiger partial charge is 0.0539 e. The zero-order valence-corrected chi connectivity index (χ0v) is 6.88. The minimum absolute atomic E-state index is 0.534. The Kier molecular flexibility index (Phi) is 3.05. The van der Waals surface area contributed by atoms with Crippen LogP contribution in [0.15, 0.2) is 18.3 Å². The number of aromatic nitrogens is 1. The molecule has 0 aromatic carbocycles. The molecule has 0 saturated heterocycles. The highest BCUT2D eigenvalue weighted by atomic mass is 14.7. The third kappa shape index (κ3) is 2.31. The van der Waals surface area contributed by atoms with Crippen molar-refractivity contribution in [1.29, 1.82) is 0 Å². The van der Waals surface area contributed by atoms with Gasteiger partial charge in [-0.15, -0.1) is 0 Å². The first kappa shape index (κ1) is 8.21. The third-order valence-electron chi connectivity index (χ3n) is 1.63. The Morgan fingerprint density at radius 1 is 1.45 bits per heavy atom. The van der Waals surface area contributed by atoms with Gasteiger partial charge in [-0.1, -0.05) is 19.4 Å². The van der Waals surface area contributed by atoms with Gasteiger partial charge >= 0.3 is 0 Å². The number of aryl methyl sites for hydroxylation is 1. The lowest BCUT2D eigenvalue weighted by atomic mass is 10.1. The molecule has 1 aromatic heterocycles. The molecule has 0 radical (unpaired) electrons. The molecule has 2 nitrogen and oxygen atoms in total. The molecule has 1 rings (SSSR count). The van der Waals surface area contributed by atoms with Crippen LogP contribution in [0.4, 0.5) is 0 Å². The number of nitrogens with two attached hydrogens (primary N) is 1. The fourth-order valence-corrected chi connectivity index (χ4v) is 1.01. The van der Waals surface area contributed by atoms with Gasteiger partial charge < -0.3 is 5.73 Å². The average molecular weight is 150 g/mol. The summed E-state index contributed by atoms with van der Waals surface area (Å²) in [5, 5.41) is 0. The third-order valence-corrected chi connectivity index (χ3v) is 1.63. The van der Waals surface area contributed by atoms with Crippen LogP contribution in [-0.2, 0) is 13.0 Å². The Bertz CT molecular complexity index is 203. The topological polar surface area (TPSA) is 38.9 Å². The predicted molar refractivity (Wildman–Crippen MR) is 46.1 cm³/mol. The summed E-state index contributed by atoms with van der Waals surface area (Å²) < 4.78 is 0. The molecule has 1 aromatic rings. The van der Waals surface area contributed by atoms with E-state index in [2.05, 4.69) is 18.0 Å². The van der Waals surface area contributed by atoms with E-state index in [0.29, 0.717) is 6.54 Å². The van der Waals surface area contributed by atoms with E-state index in [-0.39, 0.29) is 0 Å². The largest absolute Gasteiger partial charge is 0.325 e. The molecule has 0 unspecified atom stereocenters. The highest BCUT2D eigenvalue weighted by molar-refractivity contribution is 5.13. The number of nitrogens with zero attached hydrogens (tertiary/aromatic N) is 1. The summed E-state index contributed by atoms with van der Waals surface area (Å²) in [5.74, 6) is 0. The quantitative estimate of drug-likeness (QED) is 0.709. The van der Waals surface area contributed by atoms with Crippen LogP contribution in [0.3, 0.4) is 0 Å². The van der Waals surface area contributed by atoms with Crippen molar-refractivity contribution in [2.24, 2.45) is 5.73 Å². The van der Waals surface area contributed by atoms with Crippen molar-refractivity contribution in [2.75, 3.05) is 0 Å². The number of hydrogen-bond acceptors (Lipinski definition) is 2. The molecule has 0 spiro atoms. The lowest BCUT2D eigenvalue weighted by Gasteiger charge is -1.98. The second kappa shape index (κ2) is 4.09. The lowest BCUT2D eigenvalue weighted by molar-refractivity contribution is 0.900. The van der Waals surface area contributed by atoms with E-state index in [4.69, 9.17) is 5.73 Å². The lowest BCUT2D eigenvalue weighted by Crippen LogP contribution is -1.99. The summed E-state index contributed by atoms with van der Waals surface area (Å²) in [5.41, 5.74) is 7.67. The zero-order valence-electron chi connectivity index (χ0n) is 6.88. The molecule has 0 saturated carbocycles. The van der Waals surface area contributed by atoms with E-state index < -0.39 is 0 Å². The summed E-state index contributed by atoms with van der Waals surface area (Å²) in [7, 11) is 0. The van der Waals surface area contributed by atoms with Gasteiger partial charge in [-0.2, -0.15) is 0 Å². The maximum absolute atomic E-state index is 5.41. The fourth-order valence-electron chi connectivity index (χ4n) is 1.01. The molecule has 0 amide bonds. The molecule has 0 bridgehead atoms. The summed E-state index contributed by atoms with van der Waals surface area (Å²) in [4.78, 5) is 4.19. The Morgan fingerprint density at radius 3 is 2.73 bits per heavy atom. The molecule has 2 N–H and O–H groups in total. The molecular formula is C9H14N2. The van der Waals surface area contributed by atoms with Crippen molar-refractivity contribution >= 4 is 0 Å². The van der Waals surface area contributed by atoms with Gasteiger partial charge in [0, 0.05) is 12.7 Å². The van der Waals surface area contributed by atoms with Crippen molar-refractivity contribution in [3.63, 3.8) is 0 Å². The molecule has 0 aliphatic heterocycles. The number of hydrogen-bond donors (Lipinski definition) is 1. The van der Waals surface area contributed by atoms with Crippen LogP contribution >= 0.6 is 0 Å². The average Bonchev–Trinajstić information content (AvgIpc) is 2.07. The van der Waals surface area contributed by atoms with Gasteiger partial charge in [0.2, 0.25) is 0 Å². The van der Waals surface area contributed by atoms with Crippen LogP contribution in [0.25, 0.3) is 0 Å². The van der Waals surface area contributed by atoms with Crippen LogP contribution in [-0.4, -0.2) is 4.98 Å². The van der Waals surface area contributed by atoms with Gasteiger partial charge in [-0.3, -0.25) is 4.98 Å². The molecule has 0 fully saturated rings. The molecule has 11 heavy (non-hydrogen) atoms. The number of pyridine rings is 1. The second-order valence-corrected chi connectivity index (χ2v) is 2.61. The SMILES string of the molecule is CCCc1ccc(CN)nc1. The van der Waals surface area contributed by atoms with Crippen molar-refractivity contribution in [2.45, 2.75) is 26.3 Å². The first-order valence-electron chi connectivity index (χ1n) is 4.00. The van der Waals surface area contributed by atoms with Crippen molar-refractivity contribution in [3.05, 3.63) is 29.6 Å². The normalized spacial score (nSPS) is 10.0. The van der Waals surface area contributed by atoms with E-state index >= 15 is 0 Å². The van der Waals surface area contributed by atoms with E-state index in [0.717, 1.165) is 12.1 Å². The van der Waals surface area contributed by atoms with Crippen molar-refractivity contribution < 1.29 is 0 Å². The molecule has 0 aliphatic rings. The summed E-state index contributed by atoms with van der Waals surface area (Å²) in [6.07, 6.45) is 4.19. The summed E-state index contributed by atoms with van der Waals surface area (Å²) in [6.45, 7) is 2.70. The minimum Gasteiger partial charge on any atom is -0.325 e. The Morgan fingerprint density at radius 2 is 2.27 bits per heavy atom. The van der Waals surface area contributed by atoms with Gasteiger partial charge in [0.15, 0.2) is 0 Å². The van der Waals surface area contributed by atoms with Crippen LogP contribution in [0.5, 0.6) is 0 Å². The monoisotopic (exact) mass is 150 g/mol. The second-order valence-electron chi connectivity index (χ2n) is 2.61. The van der Waals surface area contributed by atoms with Gasteiger partial charge in [-0.05, 0) is 18.1 Å². The highest BCUT2D eigenvalue weighted by Crippen LogP contribution is 2.02. The zero-order chi connectivity index (χ0) is 8.10. The molecule has 0 aliphatic carbocycles. The minimum atomic E-state index is 0.534. The van der Waals surface area contributed by atoms with Crippen molar-refractivity contribution in [1.82, 2.24) is 4.98 Å².